The van der Waals surface area contributed by atoms with Crippen LogP contribution in [0.4, 0.5) is 0 Å². The normalized spacial score (nSPS) is 13.7. The second-order valence-electron chi connectivity index (χ2n) is 14.5. The highest BCUT2D eigenvalue weighted by atomic mass is 15.0. The van der Waals surface area contributed by atoms with E-state index in [9.17, 15) is 0 Å². The van der Waals surface area contributed by atoms with Crippen LogP contribution in [0.15, 0.2) is 54.6 Å². The van der Waals surface area contributed by atoms with E-state index in [1.807, 2.05) is 0 Å². The van der Waals surface area contributed by atoms with Crippen LogP contribution in [0.3, 0.4) is 0 Å². The van der Waals surface area contributed by atoms with Crippen molar-refractivity contribution in [2.24, 2.45) is 0 Å². The summed E-state index contributed by atoms with van der Waals surface area (Å²) in [4.78, 5) is 0. The molecule has 0 saturated heterocycles. The largest absolute Gasteiger partial charge is 0.309 e. The quantitative estimate of drug-likeness (QED) is 0.262. The van der Waals surface area contributed by atoms with Gasteiger partial charge in [0.2, 0.25) is 0 Å². The van der Waals surface area contributed by atoms with Crippen molar-refractivity contribution in [1.29, 1.82) is 0 Å². The first-order chi connectivity index (χ1) is 15.9. The Morgan fingerprint density at radius 1 is 0.486 bits per heavy atom. The summed E-state index contributed by atoms with van der Waals surface area (Å²) in [6, 6.07) is 21.1. The third kappa shape index (κ3) is 4.55. The highest BCUT2D eigenvalue weighted by molar-refractivity contribution is 6.10. The maximum atomic E-state index is 2.54. The molecule has 1 aromatic heterocycles. The van der Waals surface area contributed by atoms with Crippen LogP contribution >= 0.6 is 0 Å². The molecule has 0 bridgehead atoms. The molecule has 0 saturated carbocycles. The molecule has 0 unspecified atom stereocenters. The van der Waals surface area contributed by atoms with Crippen molar-refractivity contribution in [2.45, 2.75) is 105 Å². The first-order valence-electron chi connectivity index (χ1n) is 13.1. The smallest absolute Gasteiger partial charge is 0.0544 e. The molecule has 0 amide bonds. The molecular weight excluding hydrogens is 422 g/mol. The molecule has 0 aliphatic carbocycles. The number of benzene rings is 3. The topological polar surface area (TPSA) is 4.93 Å². The van der Waals surface area contributed by atoms with Gasteiger partial charge in [0.15, 0.2) is 0 Å². The number of hydrogen-bond acceptors (Lipinski definition) is 0. The van der Waals surface area contributed by atoms with Crippen LogP contribution in [-0.2, 0) is 21.7 Å². The Bertz CT molecular complexity index is 1400. The first-order valence-corrected chi connectivity index (χ1v) is 13.1. The number of fused-ring (bicyclic) bond motifs is 3. The van der Waals surface area contributed by atoms with Gasteiger partial charge in [-0.05, 0) is 68.2 Å². The molecule has 1 nitrogen and oxygen atoms in total. The van der Waals surface area contributed by atoms with Crippen molar-refractivity contribution in [1.82, 2.24) is 4.57 Å². The van der Waals surface area contributed by atoms with Gasteiger partial charge in [0.25, 0.3) is 0 Å². The summed E-state index contributed by atoms with van der Waals surface area (Å²) in [7, 11) is 0. The molecule has 0 aliphatic rings. The highest BCUT2D eigenvalue weighted by Gasteiger charge is 2.30. The van der Waals surface area contributed by atoms with Gasteiger partial charge in [-0.3, -0.25) is 0 Å². The monoisotopic (exact) mass is 467 g/mol. The van der Waals surface area contributed by atoms with Crippen LogP contribution in [0.1, 0.15) is 105 Å². The van der Waals surface area contributed by atoms with E-state index in [-0.39, 0.29) is 21.7 Å². The number of hydrogen-bond donors (Lipinski definition) is 0. The van der Waals surface area contributed by atoms with Crippen LogP contribution in [-0.4, -0.2) is 4.57 Å². The lowest BCUT2D eigenvalue weighted by molar-refractivity contribution is 0.528. The second-order valence-corrected chi connectivity index (χ2v) is 14.5. The number of nitrogens with zero attached hydrogens (tertiary/aromatic N) is 1. The lowest BCUT2D eigenvalue weighted by atomic mass is 9.74. The predicted octanol–water partition coefficient (Wildman–Crippen LogP) is 9.97. The summed E-state index contributed by atoms with van der Waals surface area (Å²) in [6.45, 7) is 27.9. The Kier molecular flexibility index (Phi) is 5.83. The fourth-order valence-electron chi connectivity index (χ4n) is 5.35. The summed E-state index contributed by atoms with van der Waals surface area (Å²) in [5.74, 6) is 0. The summed E-state index contributed by atoms with van der Waals surface area (Å²) >= 11 is 0. The number of rotatable bonds is 1. The molecule has 35 heavy (non-hydrogen) atoms. The molecule has 0 radical (unpaired) electrons. The Balaban J connectivity index is 2.22. The highest BCUT2D eigenvalue weighted by Crippen LogP contribution is 2.42. The summed E-state index contributed by atoms with van der Waals surface area (Å²) in [5, 5.41) is 2.68. The van der Waals surface area contributed by atoms with Gasteiger partial charge in [-0.25, -0.2) is 0 Å². The zero-order chi connectivity index (χ0) is 26.1. The van der Waals surface area contributed by atoms with E-state index in [2.05, 4.69) is 142 Å². The lowest BCUT2D eigenvalue weighted by Crippen LogP contribution is -2.24. The molecule has 0 spiro atoms. The molecule has 4 aromatic rings. The third-order valence-electron chi connectivity index (χ3n) is 7.34. The lowest BCUT2D eigenvalue weighted by Gasteiger charge is -2.33. The van der Waals surface area contributed by atoms with Crippen molar-refractivity contribution in [3.63, 3.8) is 0 Å². The average molecular weight is 468 g/mol. The molecular formula is C34H45N. The zero-order valence-electron chi connectivity index (χ0n) is 24.1. The van der Waals surface area contributed by atoms with Gasteiger partial charge in [-0.1, -0.05) is 113 Å². The fourth-order valence-corrected chi connectivity index (χ4v) is 5.35. The second kappa shape index (κ2) is 7.99. The van der Waals surface area contributed by atoms with E-state index in [1.165, 1.54) is 49.7 Å². The molecule has 3 aromatic carbocycles. The van der Waals surface area contributed by atoms with E-state index in [0.29, 0.717) is 0 Å². The van der Waals surface area contributed by atoms with Crippen molar-refractivity contribution < 1.29 is 0 Å². The van der Waals surface area contributed by atoms with Gasteiger partial charge < -0.3 is 4.57 Å². The van der Waals surface area contributed by atoms with Gasteiger partial charge in [-0.2, -0.15) is 0 Å². The molecule has 0 atom stereocenters. The molecule has 0 fully saturated rings. The Hall–Kier alpha value is -2.54. The summed E-state index contributed by atoms with van der Waals surface area (Å²) in [6.07, 6.45) is 0. The van der Waals surface area contributed by atoms with Gasteiger partial charge in [0.05, 0.1) is 16.7 Å². The Labute approximate surface area is 213 Å². The van der Waals surface area contributed by atoms with Gasteiger partial charge in [0, 0.05) is 10.8 Å². The SMILES string of the molecule is CC(C)(C)c1ccc2c(c1)c1ccc(C(C)(C)C)cc1n2-c1cccc(C(C)(C)C)c1C(C)(C)C. The Morgan fingerprint density at radius 2 is 1.06 bits per heavy atom. The van der Waals surface area contributed by atoms with Gasteiger partial charge in [0.1, 0.15) is 0 Å². The minimum Gasteiger partial charge on any atom is -0.309 e. The van der Waals surface area contributed by atoms with Crippen LogP contribution in [0.25, 0.3) is 27.5 Å². The molecule has 0 aliphatic heterocycles. The standard InChI is InChI=1S/C34H45N/c1-31(2,3)22-17-19-27-25(20-22)24-18-16-23(32(4,5)6)21-29(24)35(27)28-15-13-14-26(33(7,8)9)30(28)34(10,11)12/h13-21H,1-12H3. The molecule has 1 heterocycles. The van der Waals surface area contributed by atoms with Crippen molar-refractivity contribution in [3.05, 3.63) is 76.9 Å². The van der Waals surface area contributed by atoms with E-state index in [1.54, 1.807) is 0 Å². The van der Waals surface area contributed by atoms with E-state index >= 15 is 0 Å². The van der Waals surface area contributed by atoms with Gasteiger partial charge in [-0.15, -0.1) is 0 Å². The maximum absolute atomic E-state index is 2.54. The maximum Gasteiger partial charge on any atom is 0.0544 e. The zero-order valence-corrected chi connectivity index (χ0v) is 24.1. The van der Waals surface area contributed by atoms with Gasteiger partial charge >= 0.3 is 0 Å². The first kappa shape index (κ1) is 25.5. The molecule has 4 rings (SSSR count). The average Bonchev–Trinajstić information content (AvgIpc) is 3.03. The minimum absolute atomic E-state index is 0.00904. The summed E-state index contributed by atoms with van der Waals surface area (Å²) < 4.78 is 2.54. The van der Waals surface area contributed by atoms with Crippen LogP contribution < -0.4 is 0 Å². The van der Waals surface area contributed by atoms with E-state index in [0.717, 1.165) is 0 Å². The number of aromatic nitrogens is 1. The Morgan fingerprint density at radius 3 is 1.60 bits per heavy atom. The van der Waals surface area contributed by atoms with E-state index < -0.39 is 0 Å². The van der Waals surface area contributed by atoms with Crippen LogP contribution in [0.2, 0.25) is 0 Å². The van der Waals surface area contributed by atoms with Crippen LogP contribution in [0.5, 0.6) is 0 Å². The fraction of sp³-hybridized carbons (Fsp3) is 0.471. The molecule has 1 heteroatoms. The van der Waals surface area contributed by atoms with E-state index in [4.69, 9.17) is 0 Å². The van der Waals surface area contributed by atoms with Crippen LogP contribution in [0, 0.1) is 0 Å². The third-order valence-corrected chi connectivity index (χ3v) is 7.34. The van der Waals surface area contributed by atoms with Crippen molar-refractivity contribution >= 4 is 21.8 Å². The molecule has 0 N–H and O–H groups in total. The van der Waals surface area contributed by atoms with Crippen molar-refractivity contribution in [2.75, 3.05) is 0 Å². The minimum atomic E-state index is 0.00904. The predicted molar refractivity (Wildman–Crippen MR) is 156 cm³/mol. The molecule has 186 valence electrons. The summed E-state index contributed by atoms with van der Waals surface area (Å²) in [5.41, 5.74) is 9.77. The van der Waals surface area contributed by atoms with Crippen molar-refractivity contribution in [3.8, 4) is 5.69 Å².